The van der Waals surface area contributed by atoms with Crippen LogP contribution in [0.1, 0.15) is 30.9 Å². The molecule has 2 aromatic rings. The van der Waals surface area contributed by atoms with Gasteiger partial charge in [0.25, 0.3) is 0 Å². The van der Waals surface area contributed by atoms with Crippen LogP contribution in [0, 0.1) is 0 Å². The van der Waals surface area contributed by atoms with Gasteiger partial charge in [0.1, 0.15) is 11.3 Å². The first kappa shape index (κ1) is 14.5. The van der Waals surface area contributed by atoms with Crippen molar-refractivity contribution in [1.82, 2.24) is 0 Å². The third-order valence-corrected chi connectivity index (χ3v) is 4.06. The molecule has 0 bridgehead atoms. The Morgan fingerprint density at radius 2 is 1.59 bits per heavy atom. The number of esters is 1. The molecule has 1 aliphatic heterocycles. The summed E-state index contributed by atoms with van der Waals surface area (Å²) in [5.74, 6) is -0.295. The van der Waals surface area contributed by atoms with Crippen LogP contribution in [0.25, 0.3) is 0 Å². The third kappa shape index (κ3) is 2.54. The second-order valence-corrected chi connectivity index (χ2v) is 5.37. The molecular formula is C19H19NO2. The highest BCUT2D eigenvalue weighted by atomic mass is 16.5. The zero-order valence-electron chi connectivity index (χ0n) is 12.7. The van der Waals surface area contributed by atoms with Crippen LogP contribution in [0.2, 0.25) is 0 Å². The van der Waals surface area contributed by atoms with E-state index in [0.717, 1.165) is 17.5 Å². The van der Waals surface area contributed by atoms with Gasteiger partial charge >= 0.3 is 5.97 Å². The van der Waals surface area contributed by atoms with Gasteiger partial charge in [-0.05, 0) is 30.9 Å². The third-order valence-electron chi connectivity index (χ3n) is 4.06. The first-order valence-electron chi connectivity index (χ1n) is 7.63. The van der Waals surface area contributed by atoms with Crippen LogP contribution in [0.4, 0.5) is 0 Å². The summed E-state index contributed by atoms with van der Waals surface area (Å²) >= 11 is 0. The molecule has 0 aliphatic carbocycles. The minimum absolute atomic E-state index is 0.295. The van der Waals surface area contributed by atoms with E-state index in [-0.39, 0.29) is 5.97 Å². The quantitative estimate of drug-likeness (QED) is 0.806. The van der Waals surface area contributed by atoms with Crippen LogP contribution in [0.15, 0.2) is 65.7 Å². The Bertz CT molecular complexity index is 638. The molecule has 112 valence electrons. The molecule has 3 heteroatoms. The van der Waals surface area contributed by atoms with E-state index in [1.54, 1.807) is 0 Å². The molecule has 0 spiro atoms. The van der Waals surface area contributed by atoms with Gasteiger partial charge in [-0.25, -0.2) is 4.79 Å². The Balaban J connectivity index is 2.09. The van der Waals surface area contributed by atoms with Gasteiger partial charge in [-0.15, -0.1) is 0 Å². The fourth-order valence-corrected chi connectivity index (χ4v) is 3.02. The molecule has 0 saturated carbocycles. The summed E-state index contributed by atoms with van der Waals surface area (Å²) in [6.45, 7) is 2.19. The summed E-state index contributed by atoms with van der Waals surface area (Å²) in [6.07, 6.45) is 1.43. The van der Waals surface area contributed by atoms with E-state index in [0.29, 0.717) is 18.7 Å². The van der Waals surface area contributed by atoms with Crippen LogP contribution in [0.5, 0.6) is 0 Å². The van der Waals surface area contributed by atoms with Crippen LogP contribution in [0.3, 0.4) is 0 Å². The van der Waals surface area contributed by atoms with E-state index in [2.05, 4.69) is 24.3 Å². The summed E-state index contributed by atoms with van der Waals surface area (Å²) < 4.78 is 5.12. The molecule has 0 atom stereocenters. The monoisotopic (exact) mass is 293 g/mol. The van der Waals surface area contributed by atoms with Gasteiger partial charge in [-0.1, -0.05) is 60.7 Å². The fourth-order valence-electron chi connectivity index (χ4n) is 3.02. The molecule has 0 aromatic heterocycles. The van der Waals surface area contributed by atoms with Crippen LogP contribution >= 0.6 is 0 Å². The number of hydrogen-bond donors (Lipinski definition) is 0. The van der Waals surface area contributed by atoms with Crippen LogP contribution in [-0.2, 0) is 15.1 Å². The first-order chi connectivity index (χ1) is 10.8. The van der Waals surface area contributed by atoms with Gasteiger partial charge in [-0.2, -0.15) is 0 Å². The lowest BCUT2D eigenvalue weighted by atomic mass is 9.81. The van der Waals surface area contributed by atoms with E-state index in [9.17, 15) is 4.79 Å². The number of nitrogens with zero attached hydrogens (tertiary/aromatic N) is 1. The summed E-state index contributed by atoms with van der Waals surface area (Å²) in [5.41, 5.74) is 2.28. The Morgan fingerprint density at radius 1 is 1.05 bits per heavy atom. The maximum absolute atomic E-state index is 12.0. The lowest BCUT2D eigenvalue weighted by Gasteiger charge is -2.27. The molecule has 0 radical (unpaired) electrons. The maximum Gasteiger partial charge on any atom is 0.352 e. The largest absolute Gasteiger partial charge is 0.462 e. The van der Waals surface area contributed by atoms with Crippen LogP contribution < -0.4 is 0 Å². The number of carbonyl (C=O) groups excluding carboxylic acids is 1. The molecule has 0 saturated heterocycles. The van der Waals surface area contributed by atoms with Gasteiger partial charge in [-0.3, -0.25) is 4.99 Å². The molecule has 0 N–H and O–H groups in total. The zero-order chi connectivity index (χ0) is 15.4. The molecule has 0 unspecified atom stereocenters. The van der Waals surface area contributed by atoms with Crippen molar-refractivity contribution in [3.63, 3.8) is 0 Å². The predicted molar refractivity (Wildman–Crippen MR) is 87.0 cm³/mol. The second kappa shape index (κ2) is 6.14. The first-order valence-corrected chi connectivity index (χ1v) is 7.63. The highest BCUT2D eigenvalue weighted by Crippen LogP contribution is 2.42. The predicted octanol–water partition coefficient (Wildman–Crippen LogP) is 3.73. The Morgan fingerprint density at radius 3 is 2.09 bits per heavy atom. The molecule has 2 aromatic carbocycles. The van der Waals surface area contributed by atoms with Gasteiger partial charge in [0.2, 0.25) is 0 Å². The topological polar surface area (TPSA) is 38.7 Å². The average Bonchev–Trinajstić information content (AvgIpc) is 3.03. The summed E-state index contributed by atoms with van der Waals surface area (Å²) in [4.78, 5) is 16.9. The Hall–Kier alpha value is -2.42. The summed E-state index contributed by atoms with van der Waals surface area (Å²) in [6, 6.07) is 20.3. The van der Waals surface area contributed by atoms with Gasteiger partial charge in [0.15, 0.2) is 0 Å². The van der Waals surface area contributed by atoms with Crippen molar-refractivity contribution in [1.29, 1.82) is 0 Å². The molecule has 22 heavy (non-hydrogen) atoms. The van der Waals surface area contributed by atoms with Gasteiger partial charge in [0, 0.05) is 0 Å². The van der Waals surface area contributed by atoms with E-state index in [1.807, 2.05) is 43.3 Å². The Labute approximate surface area is 130 Å². The van der Waals surface area contributed by atoms with Crippen molar-refractivity contribution in [3.8, 4) is 0 Å². The minimum Gasteiger partial charge on any atom is -0.462 e. The van der Waals surface area contributed by atoms with E-state index in [4.69, 9.17) is 9.73 Å². The molecular weight excluding hydrogens is 274 g/mol. The maximum atomic E-state index is 12.0. The summed E-state index contributed by atoms with van der Waals surface area (Å²) in [5, 5.41) is 0. The number of ether oxygens (including phenoxy) is 1. The molecule has 1 aliphatic rings. The lowest BCUT2D eigenvalue weighted by Crippen LogP contribution is -2.22. The van der Waals surface area contributed by atoms with Crippen molar-refractivity contribution >= 4 is 11.7 Å². The van der Waals surface area contributed by atoms with Crippen molar-refractivity contribution in [2.24, 2.45) is 4.99 Å². The molecule has 3 nitrogen and oxygen atoms in total. The van der Waals surface area contributed by atoms with E-state index in [1.165, 1.54) is 0 Å². The van der Waals surface area contributed by atoms with Gasteiger partial charge in [0.05, 0.1) is 6.61 Å². The normalized spacial score (nSPS) is 16.1. The number of carbonyl (C=O) groups is 1. The van der Waals surface area contributed by atoms with E-state index < -0.39 is 5.54 Å². The summed E-state index contributed by atoms with van der Waals surface area (Å²) in [7, 11) is 0. The second-order valence-electron chi connectivity index (χ2n) is 5.37. The fraction of sp³-hybridized carbons (Fsp3) is 0.263. The molecule has 0 fully saturated rings. The molecule has 0 amide bonds. The zero-order valence-corrected chi connectivity index (χ0v) is 12.7. The van der Waals surface area contributed by atoms with Crippen molar-refractivity contribution in [2.75, 3.05) is 6.61 Å². The number of aliphatic imine (C=N–C) groups is 1. The molecule has 1 heterocycles. The van der Waals surface area contributed by atoms with Crippen molar-refractivity contribution < 1.29 is 9.53 Å². The number of hydrogen-bond acceptors (Lipinski definition) is 3. The number of rotatable bonds is 4. The minimum atomic E-state index is -0.482. The van der Waals surface area contributed by atoms with Crippen LogP contribution in [-0.4, -0.2) is 18.3 Å². The molecule has 3 rings (SSSR count). The smallest absolute Gasteiger partial charge is 0.352 e. The van der Waals surface area contributed by atoms with Crippen molar-refractivity contribution in [3.05, 3.63) is 71.8 Å². The lowest BCUT2D eigenvalue weighted by molar-refractivity contribution is -0.135. The SMILES string of the molecule is CCOC(=O)C1=NC(c2ccccc2)(c2ccccc2)CC1. The average molecular weight is 293 g/mol. The highest BCUT2D eigenvalue weighted by molar-refractivity contribution is 6.37. The standard InChI is InChI=1S/C19H19NO2/c1-2-22-18(21)17-13-14-19(20-17,15-9-5-3-6-10-15)16-11-7-4-8-12-16/h3-12H,2,13-14H2,1H3. The Kier molecular flexibility index (Phi) is 4.05. The van der Waals surface area contributed by atoms with Crippen molar-refractivity contribution in [2.45, 2.75) is 25.3 Å². The van der Waals surface area contributed by atoms with E-state index >= 15 is 0 Å². The number of benzene rings is 2. The van der Waals surface area contributed by atoms with Gasteiger partial charge < -0.3 is 4.74 Å². The highest BCUT2D eigenvalue weighted by Gasteiger charge is 2.40.